The summed E-state index contributed by atoms with van der Waals surface area (Å²) in [5.74, 6) is 0.521. The zero-order valence-corrected chi connectivity index (χ0v) is 6.37. The number of hydrogen-bond donors (Lipinski definition) is 1. The normalized spacial score (nSPS) is 9.62. The van der Waals surface area contributed by atoms with Crippen LogP contribution in [0.2, 0.25) is 0 Å². The van der Waals surface area contributed by atoms with E-state index in [0.29, 0.717) is 5.88 Å². The number of thiazole rings is 1. The van der Waals surface area contributed by atoms with E-state index in [0.717, 1.165) is 9.65 Å². The number of nitrogens with one attached hydrogen (secondary N) is 1. The SMILES string of the molecule is S=c1[nH]c(CCl)cs1. The number of aromatic nitrogens is 1. The van der Waals surface area contributed by atoms with Gasteiger partial charge in [0.15, 0.2) is 3.95 Å². The molecule has 1 N–H and O–H groups in total. The highest BCUT2D eigenvalue weighted by molar-refractivity contribution is 7.73. The number of rotatable bonds is 1. The average Bonchev–Trinajstić information content (AvgIpc) is 2.14. The molecule has 0 fully saturated rings. The van der Waals surface area contributed by atoms with Crippen molar-refractivity contribution in [3.8, 4) is 0 Å². The molecule has 0 radical (unpaired) electrons. The predicted molar refractivity (Wildman–Crippen MR) is 39.1 cm³/mol. The highest BCUT2D eigenvalue weighted by atomic mass is 35.5. The van der Waals surface area contributed by atoms with Crippen molar-refractivity contribution in [3.63, 3.8) is 0 Å². The molecule has 44 valence electrons. The van der Waals surface area contributed by atoms with Gasteiger partial charge in [-0.25, -0.2) is 0 Å². The third kappa shape index (κ3) is 1.31. The first-order valence-electron chi connectivity index (χ1n) is 2.05. The maximum absolute atomic E-state index is 5.47. The van der Waals surface area contributed by atoms with Crippen molar-refractivity contribution in [2.45, 2.75) is 5.88 Å². The quantitative estimate of drug-likeness (QED) is 0.500. The lowest BCUT2D eigenvalue weighted by atomic mass is 10.6. The van der Waals surface area contributed by atoms with Crippen LogP contribution in [0.5, 0.6) is 0 Å². The molecule has 8 heavy (non-hydrogen) atoms. The number of aromatic amines is 1. The Morgan fingerprint density at radius 1 is 1.88 bits per heavy atom. The van der Waals surface area contributed by atoms with Gasteiger partial charge >= 0.3 is 0 Å². The first-order valence-corrected chi connectivity index (χ1v) is 3.88. The molecule has 1 aromatic rings. The van der Waals surface area contributed by atoms with Gasteiger partial charge in [0.1, 0.15) is 0 Å². The van der Waals surface area contributed by atoms with E-state index in [4.69, 9.17) is 23.8 Å². The van der Waals surface area contributed by atoms with Crippen molar-refractivity contribution in [2.75, 3.05) is 0 Å². The summed E-state index contributed by atoms with van der Waals surface area (Å²) in [7, 11) is 0. The molecule has 0 saturated heterocycles. The summed E-state index contributed by atoms with van der Waals surface area (Å²) in [6.45, 7) is 0. The highest BCUT2D eigenvalue weighted by Crippen LogP contribution is 2.05. The van der Waals surface area contributed by atoms with Crippen molar-refractivity contribution < 1.29 is 0 Å². The van der Waals surface area contributed by atoms with Crippen molar-refractivity contribution >= 4 is 35.2 Å². The second-order valence-corrected chi connectivity index (χ2v) is 3.12. The van der Waals surface area contributed by atoms with E-state index in [2.05, 4.69) is 4.98 Å². The van der Waals surface area contributed by atoms with Gasteiger partial charge in [-0.05, 0) is 12.2 Å². The summed E-state index contributed by atoms with van der Waals surface area (Å²) in [4.78, 5) is 2.93. The van der Waals surface area contributed by atoms with E-state index in [1.54, 1.807) is 0 Å². The van der Waals surface area contributed by atoms with Gasteiger partial charge in [0, 0.05) is 11.1 Å². The molecular formula is C4H4ClNS2. The fraction of sp³-hybridized carbons (Fsp3) is 0.250. The Kier molecular flexibility index (Phi) is 2.05. The van der Waals surface area contributed by atoms with Crippen LogP contribution in [0, 0.1) is 3.95 Å². The fourth-order valence-electron chi connectivity index (χ4n) is 0.380. The van der Waals surface area contributed by atoms with E-state index in [-0.39, 0.29) is 0 Å². The summed E-state index contributed by atoms with van der Waals surface area (Å²) >= 11 is 11.8. The van der Waals surface area contributed by atoms with Crippen LogP contribution in [0.1, 0.15) is 5.69 Å². The topological polar surface area (TPSA) is 15.8 Å². The Hall–Kier alpha value is 0.140. The minimum Gasteiger partial charge on any atom is -0.340 e. The summed E-state index contributed by atoms with van der Waals surface area (Å²) in [5.41, 5.74) is 1.00. The fourth-order valence-corrected chi connectivity index (χ4v) is 1.47. The monoisotopic (exact) mass is 165 g/mol. The van der Waals surface area contributed by atoms with Crippen LogP contribution in [-0.4, -0.2) is 4.98 Å². The highest BCUT2D eigenvalue weighted by Gasteiger charge is 1.87. The molecular weight excluding hydrogens is 162 g/mol. The molecule has 0 saturated carbocycles. The van der Waals surface area contributed by atoms with Gasteiger partial charge < -0.3 is 4.98 Å². The minimum absolute atomic E-state index is 0.521. The van der Waals surface area contributed by atoms with E-state index >= 15 is 0 Å². The summed E-state index contributed by atoms with van der Waals surface area (Å²) < 4.78 is 0.792. The summed E-state index contributed by atoms with van der Waals surface area (Å²) in [5, 5.41) is 1.93. The number of alkyl halides is 1. The van der Waals surface area contributed by atoms with E-state index < -0.39 is 0 Å². The molecule has 1 aromatic heterocycles. The average molecular weight is 166 g/mol. The third-order valence-electron chi connectivity index (χ3n) is 0.715. The van der Waals surface area contributed by atoms with Gasteiger partial charge in [-0.3, -0.25) is 0 Å². The predicted octanol–water partition coefficient (Wildman–Crippen LogP) is 2.54. The number of H-pyrrole nitrogens is 1. The second-order valence-electron chi connectivity index (χ2n) is 1.31. The maximum atomic E-state index is 5.47. The first kappa shape index (κ1) is 6.26. The molecule has 0 aliphatic carbocycles. The molecule has 0 aliphatic rings. The lowest BCUT2D eigenvalue weighted by Crippen LogP contribution is -1.71. The minimum atomic E-state index is 0.521. The van der Waals surface area contributed by atoms with Crippen molar-refractivity contribution in [1.82, 2.24) is 4.98 Å². The largest absolute Gasteiger partial charge is 0.340 e. The molecule has 0 spiro atoms. The second kappa shape index (κ2) is 2.62. The lowest BCUT2D eigenvalue weighted by Gasteiger charge is -1.78. The molecule has 0 aliphatic heterocycles. The summed E-state index contributed by atoms with van der Waals surface area (Å²) in [6.07, 6.45) is 0. The van der Waals surface area contributed by atoms with Gasteiger partial charge in [-0.1, -0.05) is 0 Å². The molecule has 0 unspecified atom stereocenters. The van der Waals surface area contributed by atoms with Crippen LogP contribution in [0.4, 0.5) is 0 Å². The molecule has 1 heterocycles. The van der Waals surface area contributed by atoms with Crippen LogP contribution >= 0.6 is 35.2 Å². The molecule has 1 rings (SSSR count). The lowest BCUT2D eigenvalue weighted by molar-refractivity contribution is 1.22. The van der Waals surface area contributed by atoms with Gasteiger partial charge in [-0.2, -0.15) is 0 Å². The molecule has 0 amide bonds. The molecule has 0 atom stereocenters. The molecule has 0 bridgehead atoms. The van der Waals surface area contributed by atoms with Gasteiger partial charge in [0.2, 0.25) is 0 Å². The van der Waals surface area contributed by atoms with Crippen molar-refractivity contribution in [2.24, 2.45) is 0 Å². The van der Waals surface area contributed by atoms with Gasteiger partial charge in [-0.15, -0.1) is 22.9 Å². The summed E-state index contributed by atoms with van der Waals surface area (Å²) in [6, 6.07) is 0. The van der Waals surface area contributed by atoms with Crippen LogP contribution in [0.15, 0.2) is 5.38 Å². The molecule has 1 nitrogen and oxygen atoms in total. The number of halogens is 1. The first-order chi connectivity index (χ1) is 3.83. The van der Waals surface area contributed by atoms with Crippen LogP contribution in [-0.2, 0) is 5.88 Å². The Morgan fingerprint density at radius 3 is 2.88 bits per heavy atom. The molecule has 4 heteroatoms. The maximum Gasteiger partial charge on any atom is 0.158 e. The zero-order chi connectivity index (χ0) is 5.98. The van der Waals surface area contributed by atoms with E-state index in [1.807, 2.05) is 5.38 Å². The standard InChI is InChI=1S/C4H4ClNS2/c5-1-3-2-8-4(7)6-3/h2H,1H2,(H,6,7). The van der Waals surface area contributed by atoms with Crippen molar-refractivity contribution in [1.29, 1.82) is 0 Å². The molecule has 0 aromatic carbocycles. The van der Waals surface area contributed by atoms with Gasteiger partial charge in [0.25, 0.3) is 0 Å². The van der Waals surface area contributed by atoms with E-state index in [9.17, 15) is 0 Å². The van der Waals surface area contributed by atoms with Gasteiger partial charge in [0.05, 0.1) is 5.88 Å². The Bertz CT molecular complexity index is 214. The van der Waals surface area contributed by atoms with Crippen LogP contribution in [0.25, 0.3) is 0 Å². The Balaban J connectivity index is 3.01. The van der Waals surface area contributed by atoms with E-state index in [1.165, 1.54) is 11.3 Å². The third-order valence-corrected chi connectivity index (χ3v) is 2.11. The Labute approximate surface area is 61.3 Å². The van der Waals surface area contributed by atoms with Crippen LogP contribution in [0.3, 0.4) is 0 Å². The van der Waals surface area contributed by atoms with Crippen molar-refractivity contribution in [3.05, 3.63) is 15.0 Å². The zero-order valence-electron chi connectivity index (χ0n) is 3.98. The Morgan fingerprint density at radius 2 is 2.62 bits per heavy atom. The smallest absolute Gasteiger partial charge is 0.158 e. The van der Waals surface area contributed by atoms with Crippen LogP contribution < -0.4 is 0 Å². The number of hydrogen-bond acceptors (Lipinski definition) is 2.